The Morgan fingerprint density at radius 1 is 1.24 bits per heavy atom. The summed E-state index contributed by atoms with van der Waals surface area (Å²) in [6.07, 6.45) is 0.531. The minimum Gasteiger partial charge on any atom is -0.301 e. The molecule has 2 nitrogen and oxygen atoms in total. The van der Waals surface area contributed by atoms with Crippen LogP contribution < -0.4 is 0 Å². The molecular weight excluding hydrogens is 228 g/mol. The van der Waals surface area contributed by atoms with Crippen molar-refractivity contribution in [2.75, 3.05) is 14.1 Å². The molecule has 1 unspecified atom stereocenters. The van der Waals surface area contributed by atoms with Gasteiger partial charge in [0.15, 0.2) is 0 Å². The van der Waals surface area contributed by atoms with E-state index in [1.165, 1.54) is 10.5 Å². The molecule has 1 aromatic carbocycles. The van der Waals surface area contributed by atoms with E-state index < -0.39 is 0 Å². The van der Waals surface area contributed by atoms with Gasteiger partial charge in [-0.1, -0.05) is 26.0 Å². The first kappa shape index (κ1) is 14.1. The highest BCUT2D eigenvalue weighted by molar-refractivity contribution is 7.99. The van der Waals surface area contributed by atoms with Gasteiger partial charge in [0.05, 0.1) is 12.5 Å². The van der Waals surface area contributed by atoms with Crippen molar-refractivity contribution >= 4 is 11.8 Å². The Labute approximate surface area is 109 Å². The molecule has 1 rings (SSSR count). The maximum Gasteiger partial charge on any atom is 0.0641 e. The van der Waals surface area contributed by atoms with E-state index in [9.17, 15) is 0 Å². The van der Waals surface area contributed by atoms with E-state index in [-0.39, 0.29) is 6.04 Å². The minimum absolute atomic E-state index is 0.193. The monoisotopic (exact) mass is 248 g/mol. The van der Waals surface area contributed by atoms with Gasteiger partial charge in [-0.25, -0.2) is 0 Å². The molecule has 92 valence electrons. The van der Waals surface area contributed by atoms with E-state index in [4.69, 9.17) is 5.26 Å². The third-order valence-electron chi connectivity index (χ3n) is 2.54. The summed E-state index contributed by atoms with van der Waals surface area (Å²) in [4.78, 5) is 3.38. The van der Waals surface area contributed by atoms with E-state index in [0.29, 0.717) is 11.7 Å². The molecule has 0 aliphatic carbocycles. The average Bonchev–Trinajstić information content (AvgIpc) is 2.26. The molecule has 1 aromatic rings. The summed E-state index contributed by atoms with van der Waals surface area (Å²) in [5.41, 5.74) is 1.21. The Morgan fingerprint density at radius 2 is 1.82 bits per heavy atom. The molecule has 17 heavy (non-hydrogen) atoms. The molecule has 0 bridgehead atoms. The fourth-order valence-electron chi connectivity index (χ4n) is 1.73. The molecule has 0 saturated heterocycles. The summed E-state index contributed by atoms with van der Waals surface area (Å²) in [6.45, 7) is 4.38. The molecule has 0 heterocycles. The van der Waals surface area contributed by atoms with Gasteiger partial charge in [0.2, 0.25) is 0 Å². The second-order valence-electron chi connectivity index (χ2n) is 4.58. The number of nitriles is 1. The van der Waals surface area contributed by atoms with E-state index in [2.05, 4.69) is 49.1 Å². The molecule has 0 fully saturated rings. The van der Waals surface area contributed by atoms with E-state index in [1.807, 2.05) is 25.9 Å². The molecule has 1 atom stereocenters. The van der Waals surface area contributed by atoms with Crippen LogP contribution >= 0.6 is 11.8 Å². The predicted molar refractivity (Wildman–Crippen MR) is 74.1 cm³/mol. The van der Waals surface area contributed by atoms with Crippen LogP contribution in [0.1, 0.15) is 31.9 Å². The Kier molecular flexibility index (Phi) is 5.54. The predicted octanol–water partition coefficient (Wildman–Crippen LogP) is 3.70. The summed E-state index contributed by atoms with van der Waals surface area (Å²) in [6, 6.07) is 11.0. The molecule has 0 amide bonds. The maximum absolute atomic E-state index is 8.84. The molecule has 0 aromatic heterocycles. The first-order valence-electron chi connectivity index (χ1n) is 5.84. The zero-order valence-corrected chi connectivity index (χ0v) is 11.8. The van der Waals surface area contributed by atoms with Crippen molar-refractivity contribution in [3.05, 3.63) is 29.8 Å². The van der Waals surface area contributed by atoms with E-state index in [0.717, 1.165) is 0 Å². The van der Waals surface area contributed by atoms with E-state index >= 15 is 0 Å². The molecule has 0 aliphatic rings. The van der Waals surface area contributed by atoms with Crippen molar-refractivity contribution in [1.82, 2.24) is 4.90 Å². The summed E-state index contributed by atoms with van der Waals surface area (Å²) < 4.78 is 0. The second-order valence-corrected chi connectivity index (χ2v) is 6.23. The molecule has 0 radical (unpaired) electrons. The summed E-state index contributed by atoms with van der Waals surface area (Å²) in [5.74, 6) is 0. The van der Waals surface area contributed by atoms with Gasteiger partial charge in [0.1, 0.15) is 0 Å². The zero-order valence-electron chi connectivity index (χ0n) is 11.0. The third kappa shape index (κ3) is 4.41. The number of rotatable bonds is 5. The lowest BCUT2D eigenvalue weighted by atomic mass is 10.0. The summed E-state index contributed by atoms with van der Waals surface area (Å²) >= 11 is 1.86. The van der Waals surface area contributed by atoms with Gasteiger partial charge < -0.3 is 4.90 Å². The van der Waals surface area contributed by atoms with Gasteiger partial charge in [-0.05, 0) is 31.8 Å². The molecular formula is C14H20N2S. The van der Waals surface area contributed by atoms with Crippen LogP contribution in [0.2, 0.25) is 0 Å². The van der Waals surface area contributed by atoms with Gasteiger partial charge in [0.25, 0.3) is 0 Å². The van der Waals surface area contributed by atoms with Crippen molar-refractivity contribution in [3.8, 4) is 6.07 Å². The number of benzene rings is 1. The van der Waals surface area contributed by atoms with Crippen LogP contribution in [0.15, 0.2) is 29.2 Å². The lowest BCUT2D eigenvalue weighted by molar-refractivity contribution is 0.303. The molecule has 0 saturated carbocycles. The quantitative estimate of drug-likeness (QED) is 0.743. The fraction of sp³-hybridized carbons (Fsp3) is 0.500. The third-order valence-corrected chi connectivity index (χ3v) is 3.56. The highest BCUT2D eigenvalue weighted by atomic mass is 32.2. The van der Waals surface area contributed by atoms with Crippen LogP contribution in [0.4, 0.5) is 0 Å². The highest BCUT2D eigenvalue weighted by Crippen LogP contribution is 2.27. The Morgan fingerprint density at radius 3 is 2.24 bits per heavy atom. The largest absolute Gasteiger partial charge is 0.301 e. The summed E-state index contributed by atoms with van der Waals surface area (Å²) in [7, 11) is 4.03. The van der Waals surface area contributed by atoms with Crippen LogP contribution in [0.5, 0.6) is 0 Å². The number of thioether (sulfide) groups is 1. The molecule has 0 aliphatic heterocycles. The van der Waals surface area contributed by atoms with Crippen LogP contribution in [0, 0.1) is 11.3 Å². The van der Waals surface area contributed by atoms with Crippen LogP contribution in [0.3, 0.4) is 0 Å². The minimum atomic E-state index is 0.193. The Balaban J connectivity index is 2.81. The number of hydrogen-bond donors (Lipinski definition) is 0. The highest BCUT2D eigenvalue weighted by Gasteiger charge is 2.13. The van der Waals surface area contributed by atoms with Crippen LogP contribution in [0.25, 0.3) is 0 Å². The second kappa shape index (κ2) is 6.68. The topological polar surface area (TPSA) is 27.0 Å². The standard InChI is InChI=1S/C14H20N2S/c1-11(2)17-13-7-5-12(6-8-13)14(9-10-15)16(3)4/h5-8,11,14H,9H2,1-4H3. The smallest absolute Gasteiger partial charge is 0.0641 e. The van der Waals surface area contributed by atoms with Gasteiger partial charge >= 0.3 is 0 Å². The summed E-state index contributed by atoms with van der Waals surface area (Å²) in [5, 5.41) is 9.44. The molecule has 3 heteroatoms. The van der Waals surface area contributed by atoms with Crippen molar-refractivity contribution in [2.24, 2.45) is 0 Å². The SMILES string of the molecule is CC(C)Sc1ccc(C(CC#N)N(C)C)cc1. The van der Waals surface area contributed by atoms with Crippen molar-refractivity contribution in [3.63, 3.8) is 0 Å². The van der Waals surface area contributed by atoms with Gasteiger partial charge in [-0.2, -0.15) is 5.26 Å². The Hall–Kier alpha value is -0.980. The van der Waals surface area contributed by atoms with Crippen molar-refractivity contribution < 1.29 is 0 Å². The lowest BCUT2D eigenvalue weighted by Gasteiger charge is -2.22. The molecule has 0 N–H and O–H groups in total. The van der Waals surface area contributed by atoms with Crippen molar-refractivity contribution in [2.45, 2.75) is 36.5 Å². The number of nitrogens with zero attached hydrogens (tertiary/aromatic N) is 2. The number of hydrogen-bond acceptors (Lipinski definition) is 3. The lowest BCUT2D eigenvalue weighted by Crippen LogP contribution is -2.19. The van der Waals surface area contributed by atoms with Crippen molar-refractivity contribution in [1.29, 1.82) is 5.26 Å². The zero-order chi connectivity index (χ0) is 12.8. The maximum atomic E-state index is 8.84. The first-order valence-corrected chi connectivity index (χ1v) is 6.72. The Bertz CT molecular complexity index is 376. The molecule has 0 spiro atoms. The normalized spacial score (nSPS) is 12.8. The fourth-order valence-corrected chi connectivity index (χ4v) is 2.56. The van der Waals surface area contributed by atoms with Gasteiger partial charge in [-0.3, -0.25) is 0 Å². The average molecular weight is 248 g/mol. The van der Waals surface area contributed by atoms with Gasteiger partial charge in [-0.15, -0.1) is 11.8 Å². The van der Waals surface area contributed by atoms with Crippen LogP contribution in [-0.2, 0) is 0 Å². The van der Waals surface area contributed by atoms with E-state index in [1.54, 1.807) is 0 Å². The van der Waals surface area contributed by atoms with Gasteiger partial charge in [0, 0.05) is 16.2 Å². The first-order chi connectivity index (χ1) is 8.04. The van der Waals surface area contributed by atoms with Crippen LogP contribution in [-0.4, -0.2) is 24.2 Å².